The predicted octanol–water partition coefficient (Wildman–Crippen LogP) is 3.81. The van der Waals surface area contributed by atoms with Crippen molar-refractivity contribution < 1.29 is 13.2 Å². The Balaban J connectivity index is 1.81. The van der Waals surface area contributed by atoms with E-state index in [1.165, 1.54) is 27.4 Å². The van der Waals surface area contributed by atoms with Crippen molar-refractivity contribution in [2.45, 2.75) is 47.1 Å². The molecule has 0 saturated carbocycles. The Morgan fingerprint density at radius 1 is 0.969 bits per heavy atom. The van der Waals surface area contributed by atoms with Crippen LogP contribution in [-0.2, 0) is 14.8 Å². The average molecular weight is 458 g/mol. The molecule has 1 saturated heterocycles. The molecule has 0 bridgehead atoms. The molecule has 0 N–H and O–H groups in total. The molecule has 1 atom stereocenters. The van der Waals surface area contributed by atoms with Gasteiger partial charge < -0.3 is 9.80 Å². The van der Waals surface area contributed by atoms with Crippen molar-refractivity contribution in [3.8, 4) is 0 Å². The molecule has 1 amide bonds. The summed E-state index contributed by atoms with van der Waals surface area (Å²) in [5.74, 6) is -0.128. The summed E-state index contributed by atoms with van der Waals surface area (Å²) in [6, 6.07) is 11.1. The van der Waals surface area contributed by atoms with E-state index in [-0.39, 0.29) is 5.91 Å². The van der Waals surface area contributed by atoms with Crippen molar-refractivity contribution in [2.24, 2.45) is 0 Å². The highest BCUT2D eigenvalue weighted by Crippen LogP contribution is 2.27. The van der Waals surface area contributed by atoms with E-state index >= 15 is 0 Å². The number of rotatable bonds is 6. The van der Waals surface area contributed by atoms with E-state index in [4.69, 9.17) is 0 Å². The first-order valence-electron chi connectivity index (χ1n) is 11.2. The van der Waals surface area contributed by atoms with Gasteiger partial charge in [0.1, 0.15) is 6.04 Å². The Hall–Kier alpha value is -2.54. The zero-order valence-corrected chi connectivity index (χ0v) is 20.9. The van der Waals surface area contributed by atoms with E-state index in [9.17, 15) is 13.2 Å². The summed E-state index contributed by atoms with van der Waals surface area (Å²) >= 11 is 0. The number of carbonyl (C=O) groups excluding carboxylic acids is 1. The van der Waals surface area contributed by atoms with Crippen molar-refractivity contribution in [2.75, 3.05) is 41.6 Å². The lowest BCUT2D eigenvalue weighted by Crippen LogP contribution is -2.56. The van der Waals surface area contributed by atoms with Gasteiger partial charge >= 0.3 is 0 Å². The van der Waals surface area contributed by atoms with Crippen molar-refractivity contribution in [3.05, 3.63) is 58.7 Å². The summed E-state index contributed by atoms with van der Waals surface area (Å²) in [6.07, 6.45) is 1.59. The van der Waals surface area contributed by atoms with E-state index < -0.39 is 16.1 Å². The van der Waals surface area contributed by atoms with Crippen molar-refractivity contribution in [3.63, 3.8) is 0 Å². The first-order valence-corrected chi connectivity index (χ1v) is 13.1. The van der Waals surface area contributed by atoms with Crippen molar-refractivity contribution in [1.82, 2.24) is 4.90 Å². The van der Waals surface area contributed by atoms with Gasteiger partial charge in [-0.05, 0) is 74.6 Å². The number of sulfonamides is 1. The van der Waals surface area contributed by atoms with Gasteiger partial charge in [-0.1, -0.05) is 25.1 Å². The van der Waals surface area contributed by atoms with Crippen LogP contribution in [0, 0.1) is 27.7 Å². The van der Waals surface area contributed by atoms with Crippen LogP contribution in [0.5, 0.6) is 0 Å². The molecule has 2 aromatic rings. The first kappa shape index (κ1) is 24.1. The standard InChI is InChI=1S/C25H35N3O3S/c1-7-23(28(32(6,30)31)22-12-11-18(2)20(4)17-22)25(29)27-15-13-26(14-16-27)24-10-8-9-19(3)21(24)5/h8-12,17,23H,7,13-16H2,1-6H3/t23-/m0/s1. The second-order valence-electron chi connectivity index (χ2n) is 8.78. The molecule has 7 heteroatoms. The summed E-state index contributed by atoms with van der Waals surface area (Å²) in [7, 11) is -3.63. The Morgan fingerprint density at radius 3 is 2.19 bits per heavy atom. The van der Waals surface area contributed by atoms with Gasteiger partial charge in [0.05, 0.1) is 11.9 Å². The topological polar surface area (TPSA) is 60.9 Å². The van der Waals surface area contributed by atoms with Gasteiger partial charge in [0.25, 0.3) is 0 Å². The Labute approximate surface area is 192 Å². The van der Waals surface area contributed by atoms with Crippen LogP contribution in [0.2, 0.25) is 0 Å². The molecule has 1 fully saturated rings. The maximum absolute atomic E-state index is 13.5. The molecule has 2 aromatic carbocycles. The van der Waals surface area contributed by atoms with Crippen LogP contribution in [-0.4, -0.2) is 57.7 Å². The normalized spacial score (nSPS) is 15.6. The highest BCUT2D eigenvalue weighted by atomic mass is 32.2. The molecule has 0 unspecified atom stereocenters. The smallest absolute Gasteiger partial charge is 0.246 e. The Kier molecular flexibility index (Phi) is 7.18. The lowest BCUT2D eigenvalue weighted by Gasteiger charge is -2.40. The number of carbonyl (C=O) groups is 1. The quantitative estimate of drug-likeness (QED) is 0.662. The van der Waals surface area contributed by atoms with E-state index in [0.717, 1.165) is 24.2 Å². The van der Waals surface area contributed by atoms with Gasteiger partial charge in [0.2, 0.25) is 15.9 Å². The van der Waals surface area contributed by atoms with E-state index in [2.05, 4.69) is 36.9 Å². The van der Waals surface area contributed by atoms with Crippen LogP contribution in [0.15, 0.2) is 36.4 Å². The number of anilines is 2. The lowest BCUT2D eigenvalue weighted by molar-refractivity contribution is -0.132. The second-order valence-corrected chi connectivity index (χ2v) is 10.6. The van der Waals surface area contributed by atoms with Gasteiger partial charge in [-0.2, -0.15) is 0 Å². The molecular weight excluding hydrogens is 422 g/mol. The molecule has 1 aliphatic rings. The summed E-state index contributed by atoms with van der Waals surface area (Å²) in [5.41, 5.74) is 6.35. The third kappa shape index (κ3) is 4.93. The number of piperazine rings is 1. The maximum atomic E-state index is 13.5. The molecule has 1 aliphatic heterocycles. The minimum Gasteiger partial charge on any atom is -0.368 e. The number of hydrogen-bond donors (Lipinski definition) is 0. The lowest BCUT2D eigenvalue weighted by atomic mass is 10.1. The highest BCUT2D eigenvalue weighted by molar-refractivity contribution is 7.92. The molecule has 3 rings (SSSR count). The summed E-state index contributed by atoms with van der Waals surface area (Å²) < 4.78 is 26.8. The number of nitrogens with zero attached hydrogens (tertiary/aromatic N) is 3. The maximum Gasteiger partial charge on any atom is 0.246 e. The minimum atomic E-state index is -3.63. The molecule has 32 heavy (non-hydrogen) atoms. The Bertz CT molecular complexity index is 1090. The van der Waals surface area contributed by atoms with Crippen LogP contribution in [0.4, 0.5) is 11.4 Å². The van der Waals surface area contributed by atoms with Gasteiger partial charge in [-0.3, -0.25) is 9.10 Å². The van der Waals surface area contributed by atoms with Crippen LogP contribution < -0.4 is 9.21 Å². The van der Waals surface area contributed by atoms with E-state index in [1.54, 1.807) is 6.07 Å². The van der Waals surface area contributed by atoms with Crippen LogP contribution >= 0.6 is 0 Å². The molecular formula is C25H35N3O3S. The predicted molar refractivity (Wildman–Crippen MR) is 132 cm³/mol. The molecule has 6 nitrogen and oxygen atoms in total. The molecule has 0 radical (unpaired) electrons. The number of aryl methyl sites for hydroxylation is 3. The number of benzene rings is 2. The first-order chi connectivity index (χ1) is 15.0. The van der Waals surface area contributed by atoms with Crippen LogP contribution in [0.25, 0.3) is 0 Å². The minimum absolute atomic E-state index is 0.128. The Morgan fingerprint density at radius 2 is 1.62 bits per heavy atom. The summed E-state index contributed by atoms with van der Waals surface area (Å²) in [5, 5.41) is 0. The van der Waals surface area contributed by atoms with Gasteiger partial charge in [-0.25, -0.2) is 8.42 Å². The van der Waals surface area contributed by atoms with Crippen LogP contribution in [0.1, 0.15) is 35.6 Å². The largest absolute Gasteiger partial charge is 0.368 e. The van der Waals surface area contributed by atoms with Gasteiger partial charge in [-0.15, -0.1) is 0 Å². The molecule has 174 valence electrons. The van der Waals surface area contributed by atoms with Crippen molar-refractivity contribution in [1.29, 1.82) is 0 Å². The fourth-order valence-electron chi connectivity index (χ4n) is 4.36. The average Bonchev–Trinajstić information content (AvgIpc) is 2.75. The molecule has 0 aromatic heterocycles. The summed E-state index contributed by atoms with van der Waals surface area (Å²) in [6.45, 7) is 12.7. The highest BCUT2D eigenvalue weighted by Gasteiger charge is 2.35. The fraction of sp³-hybridized carbons (Fsp3) is 0.480. The van der Waals surface area contributed by atoms with Crippen molar-refractivity contribution >= 4 is 27.3 Å². The zero-order chi connectivity index (χ0) is 23.6. The third-order valence-corrected chi connectivity index (χ3v) is 7.75. The summed E-state index contributed by atoms with van der Waals surface area (Å²) in [4.78, 5) is 17.6. The second kappa shape index (κ2) is 9.53. The van der Waals surface area contributed by atoms with E-state index in [0.29, 0.717) is 25.2 Å². The number of hydrogen-bond acceptors (Lipinski definition) is 4. The molecule has 1 heterocycles. The van der Waals surface area contributed by atoms with E-state index in [1.807, 2.05) is 37.8 Å². The molecule has 0 aliphatic carbocycles. The SMILES string of the molecule is CC[C@@H](C(=O)N1CCN(c2cccc(C)c2C)CC1)N(c1ccc(C)c(C)c1)S(C)(=O)=O. The third-order valence-electron chi connectivity index (χ3n) is 6.57. The zero-order valence-electron chi connectivity index (χ0n) is 20.1. The van der Waals surface area contributed by atoms with Gasteiger partial charge in [0.15, 0.2) is 0 Å². The fourth-order valence-corrected chi connectivity index (χ4v) is 5.56. The molecule has 0 spiro atoms. The van der Waals surface area contributed by atoms with Gasteiger partial charge in [0, 0.05) is 31.9 Å². The number of amides is 1. The van der Waals surface area contributed by atoms with Crippen LogP contribution in [0.3, 0.4) is 0 Å². The monoisotopic (exact) mass is 457 g/mol.